The van der Waals surface area contributed by atoms with Gasteiger partial charge in [0.25, 0.3) is 5.56 Å². The Balaban J connectivity index is 2.76. The Hall–Kier alpha value is -1.59. The fourth-order valence-electron chi connectivity index (χ4n) is 1.68. The molecule has 0 N–H and O–H groups in total. The van der Waals surface area contributed by atoms with Crippen LogP contribution in [0.2, 0.25) is 5.02 Å². The maximum absolute atomic E-state index is 12.2. The zero-order chi connectivity index (χ0) is 14.0. The topological polar surface area (TPSA) is 48.3 Å². The van der Waals surface area contributed by atoms with Crippen LogP contribution in [0.3, 0.4) is 0 Å². The summed E-state index contributed by atoms with van der Waals surface area (Å²) in [6, 6.07) is 6.54. The molecule has 0 aliphatic carbocycles. The fourth-order valence-corrected chi connectivity index (χ4v) is 2.22. The van der Waals surface area contributed by atoms with E-state index in [0.29, 0.717) is 27.2 Å². The molecule has 0 aliphatic rings. The van der Waals surface area contributed by atoms with E-state index >= 15 is 0 Å². The van der Waals surface area contributed by atoms with Crippen LogP contribution in [0.5, 0.6) is 5.75 Å². The molecule has 0 bridgehead atoms. The van der Waals surface area contributed by atoms with Crippen LogP contribution in [0.25, 0.3) is 5.69 Å². The second-order valence-corrected chi connectivity index (χ2v) is 4.98. The Morgan fingerprint density at radius 1 is 1.37 bits per heavy atom. The van der Waals surface area contributed by atoms with Gasteiger partial charge in [0, 0.05) is 15.7 Å². The molecule has 0 spiro atoms. The molecule has 0 unspecified atom stereocenters. The molecule has 0 radical (unpaired) electrons. The van der Waals surface area contributed by atoms with Crippen molar-refractivity contribution in [3.8, 4) is 11.4 Å². The highest BCUT2D eigenvalue weighted by Gasteiger charge is 2.12. The number of rotatable bonds is 3. The van der Waals surface area contributed by atoms with Crippen LogP contribution in [0, 0.1) is 0 Å². The van der Waals surface area contributed by atoms with Gasteiger partial charge in [0.1, 0.15) is 5.75 Å². The van der Waals surface area contributed by atoms with Crippen LogP contribution >= 0.6 is 27.5 Å². The maximum atomic E-state index is 12.2. The molecule has 0 aliphatic heterocycles. The number of halogens is 2. The number of nitrogens with zero attached hydrogens (tertiary/aromatic N) is 1. The number of carbonyl (C=O) groups is 1. The quantitative estimate of drug-likeness (QED) is 0.806. The molecule has 0 saturated heterocycles. The van der Waals surface area contributed by atoms with Crippen LogP contribution < -0.4 is 10.3 Å². The van der Waals surface area contributed by atoms with Gasteiger partial charge in [-0.2, -0.15) is 0 Å². The monoisotopic (exact) mass is 341 g/mol. The third-order valence-corrected chi connectivity index (χ3v) is 3.52. The lowest BCUT2D eigenvalue weighted by atomic mass is 10.2. The number of hydrogen-bond donors (Lipinski definition) is 0. The standard InChI is InChI=1S/C13H9BrClNO3/c1-19-12-3-2-8(15)6-11(12)16-5-4-10(14)9(7-17)13(16)18/h2-7H,1H3. The van der Waals surface area contributed by atoms with Gasteiger partial charge in [-0.15, -0.1) is 0 Å². The lowest BCUT2D eigenvalue weighted by Crippen LogP contribution is -2.22. The molecule has 1 aromatic carbocycles. The summed E-state index contributed by atoms with van der Waals surface area (Å²) in [4.78, 5) is 23.2. The van der Waals surface area contributed by atoms with E-state index in [1.54, 1.807) is 30.5 Å². The largest absolute Gasteiger partial charge is 0.495 e. The zero-order valence-electron chi connectivity index (χ0n) is 9.89. The minimum Gasteiger partial charge on any atom is -0.495 e. The van der Waals surface area contributed by atoms with Crippen molar-refractivity contribution in [1.29, 1.82) is 0 Å². The van der Waals surface area contributed by atoms with Gasteiger partial charge in [-0.1, -0.05) is 11.6 Å². The lowest BCUT2D eigenvalue weighted by molar-refractivity contribution is 0.112. The van der Waals surface area contributed by atoms with Gasteiger partial charge in [-0.25, -0.2) is 0 Å². The van der Waals surface area contributed by atoms with Crippen LogP contribution in [0.15, 0.2) is 39.7 Å². The van der Waals surface area contributed by atoms with Crippen molar-refractivity contribution in [3.63, 3.8) is 0 Å². The first-order valence-corrected chi connectivity index (χ1v) is 6.46. The number of carbonyl (C=O) groups excluding carboxylic acids is 1. The average molecular weight is 343 g/mol. The molecule has 1 heterocycles. The second kappa shape index (κ2) is 5.59. The third-order valence-electron chi connectivity index (χ3n) is 2.59. The Morgan fingerprint density at radius 3 is 2.74 bits per heavy atom. The van der Waals surface area contributed by atoms with Crippen molar-refractivity contribution >= 4 is 33.8 Å². The summed E-state index contributed by atoms with van der Waals surface area (Å²) in [6.45, 7) is 0. The predicted molar refractivity (Wildman–Crippen MR) is 76.7 cm³/mol. The van der Waals surface area contributed by atoms with E-state index in [4.69, 9.17) is 16.3 Å². The van der Waals surface area contributed by atoms with E-state index in [0.717, 1.165) is 0 Å². The Morgan fingerprint density at radius 2 is 2.11 bits per heavy atom. The first kappa shape index (κ1) is 13.8. The van der Waals surface area contributed by atoms with Gasteiger partial charge >= 0.3 is 0 Å². The van der Waals surface area contributed by atoms with Gasteiger partial charge in [0.15, 0.2) is 6.29 Å². The molecule has 2 aromatic rings. The van der Waals surface area contributed by atoms with Crippen LogP contribution in [-0.4, -0.2) is 18.0 Å². The van der Waals surface area contributed by atoms with Crippen molar-refractivity contribution < 1.29 is 9.53 Å². The number of aromatic nitrogens is 1. The van der Waals surface area contributed by atoms with E-state index in [1.165, 1.54) is 11.7 Å². The number of benzene rings is 1. The third kappa shape index (κ3) is 2.57. The van der Waals surface area contributed by atoms with Gasteiger partial charge in [0.05, 0.1) is 18.4 Å². The molecule has 0 amide bonds. The number of aldehydes is 1. The van der Waals surface area contributed by atoms with Crippen molar-refractivity contribution in [2.45, 2.75) is 0 Å². The van der Waals surface area contributed by atoms with E-state index in [-0.39, 0.29) is 5.56 Å². The van der Waals surface area contributed by atoms with E-state index in [9.17, 15) is 9.59 Å². The molecule has 0 saturated carbocycles. The number of pyridine rings is 1. The molecular formula is C13H9BrClNO3. The van der Waals surface area contributed by atoms with E-state index in [2.05, 4.69) is 15.9 Å². The minimum atomic E-state index is -0.440. The highest BCUT2D eigenvalue weighted by atomic mass is 79.9. The normalized spacial score (nSPS) is 10.3. The molecular weight excluding hydrogens is 334 g/mol. The summed E-state index contributed by atoms with van der Waals surface area (Å²) in [7, 11) is 1.50. The van der Waals surface area contributed by atoms with Crippen LogP contribution in [-0.2, 0) is 0 Å². The first-order valence-electron chi connectivity index (χ1n) is 5.28. The Labute approximate surface area is 122 Å². The predicted octanol–water partition coefficient (Wildman–Crippen LogP) is 3.07. The molecule has 6 heteroatoms. The minimum absolute atomic E-state index is 0.0459. The second-order valence-electron chi connectivity index (χ2n) is 3.69. The smallest absolute Gasteiger partial charge is 0.266 e. The Bertz CT molecular complexity index is 697. The molecule has 0 fully saturated rings. The summed E-state index contributed by atoms with van der Waals surface area (Å²) in [5, 5.41) is 0.471. The number of ether oxygens (including phenoxy) is 1. The highest BCUT2D eigenvalue weighted by molar-refractivity contribution is 9.10. The van der Waals surface area contributed by atoms with Gasteiger partial charge < -0.3 is 4.74 Å². The summed E-state index contributed by atoms with van der Waals surface area (Å²) < 4.78 is 6.96. The molecule has 0 atom stereocenters. The SMILES string of the molecule is COc1ccc(Cl)cc1-n1ccc(Br)c(C=O)c1=O. The van der Waals surface area contributed by atoms with Gasteiger partial charge in [-0.05, 0) is 40.2 Å². The molecule has 1 aromatic heterocycles. The molecule has 4 nitrogen and oxygen atoms in total. The van der Waals surface area contributed by atoms with Crippen molar-refractivity contribution in [3.05, 3.63) is 55.9 Å². The van der Waals surface area contributed by atoms with Crippen molar-refractivity contribution in [2.75, 3.05) is 7.11 Å². The summed E-state index contributed by atoms with van der Waals surface area (Å²) in [5.41, 5.74) is 0.0880. The molecule has 19 heavy (non-hydrogen) atoms. The van der Waals surface area contributed by atoms with Crippen LogP contribution in [0.1, 0.15) is 10.4 Å². The highest BCUT2D eigenvalue weighted by Crippen LogP contribution is 2.26. The lowest BCUT2D eigenvalue weighted by Gasteiger charge is -2.12. The van der Waals surface area contributed by atoms with Gasteiger partial charge in [0.2, 0.25) is 0 Å². The molecule has 2 rings (SSSR count). The van der Waals surface area contributed by atoms with Crippen molar-refractivity contribution in [1.82, 2.24) is 4.57 Å². The summed E-state index contributed by atoms with van der Waals surface area (Å²) >= 11 is 9.09. The fraction of sp³-hybridized carbons (Fsp3) is 0.0769. The number of hydrogen-bond acceptors (Lipinski definition) is 3. The first-order chi connectivity index (χ1) is 9.08. The van der Waals surface area contributed by atoms with Crippen molar-refractivity contribution in [2.24, 2.45) is 0 Å². The van der Waals surface area contributed by atoms with Crippen LogP contribution in [0.4, 0.5) is 0 Å². The average Bonchev–Trinajstić information content (AvgIpc) is 2.39. The zero-order valence-corrected chi connectivity index (χ0v) is 12.2. The Kier molecular flexibility index (Phi) is 4.07. The maximum Gasteiger partial charge on any atom is 0.266 e. The van der Waals surface area contributed by atoms with Gasteiger partial charge in [-0.3, -0.25) is 14.2 Å². The van der Waals surface area contributed by atoms with E-state index in [1.807, 2.05) is 0 Å². The van der Waals surface area contributed by atoms with E-state index < -0.39 is 5.56 Å². The summed E-state index contributed by atoms with van der Waals surface area (Å²) in [6.07, 6.45) is 2.06. The number of methoxy groups -OCH3 is 1. The summed E-state index contributed by atoms with van der Waals surface area (Å²) in [5.74, 6) is 0.491. The molecule has 98 valence electrons.